The molecule has 19 heavy (non-hydrogen) atoms. The summed E-state index contributed by atoms with van der Waals surface area (Å²) < 4.78 is 0. The summed E-state index contributed by atoms with van der Waals surface area (Å²) in [6.45, 7) is 4.19. The van der Waals surface area contributed by atoms with Gasteiger partial charge in [-0.15, -0.1) is 0 Å². The van der Waals surface area contributed by atoms with Gasteiger partial charge in [0.15, 0.2) is 0 Å². The summed E-state index contributed by atoms with van der Waals surface area (Å²) in [6.07, 6.45) is 5.87. The Morgan fingerprint density at radius 2 is 2.00 bits per heavy atom. The van der Waals surface area contributed by atoms with Gasteiger partial charge in [0.1, 0.15) is 23.8 Å². The van der Waals surface area contributed by atoms with E-state index in [1.807, 2.05) is 25.1 Å². The molecule has 0 unspecified atom stereocenters. The molecule has 98 valence electrons. The van der Waals surface area contributed by atoms with Gasteiger partial charge in [-0.1, -0.05) is 6.07 Å². The van der Waals surface area contributed by atoms with Gasteiger partial charge in [0.25, 0.3) is 0 Å². The molecule has 1 N–H and O–H groups in total. The molecule has 1 saturated heterocycles. The number of hydrogen-bond donors (Lipinski definition) is 1. The number of rotatable bonds is 3. The third-order valence-electron chi connectivity index (χ3n) is 3.34. The number of aromatic nitrogens is 3. The van der Waals surface area contributed by atoms with Gasteiger partial charge in [-0.3, -0.25) is 0 Å². The maximum Gasteiger partial charge on any atom is 0.137 e. The first-order chi connectivity index (χ1) is 9.33. The van der Waals surface area contributed by atoms with E-state index in [1.54, 1.807) is 12.5 Å². The molecule has 0 amide bonds. The SMILES string of the molecule is Cc1cccnc1Nc1cc(N2CCCC2)ncn1. The van der Waals surface area contributed by atoms with Crippen molar-refractivity contribution in [1.29, 1.82) is 0 Å². The second-order valence-corrected chi connectivity index (χ2v) is 4.75. The number of hydrogen-bond acceptors (Lipinski definition) is 5. The molecule has 1 aliphatic rings. The Kier molecular flexibility index (Phi) is 3.27. The maximum absolute atomic E-state index is 4.34. The van der Waals surface area contributed by atoms with Crippen molar-refractivity contribution in [2.45, 2.75) is 19.8 Å². The molecule has 2 aromatic heterocycles. The lowest BCUT2D eigenvalue weighted by molar-refractivity contribution is 0.928. The standard InChI is InChI=1S/C14H17N5/c1-11-5-4-6-15-14(11)18-12-9-13(17-10-16-12)19-7-2-3-8-19/h4-6,9-10H,2-3,7-8H2,1H3,(H,15,16,17,18). The van der Waals surface area contributed by atoms with Gasteiger partial charge in [0.05, 0.1) is 0 Å². The van der Waals surface area contributed by atoms with Gasteiger partial charge in [-0.05, 0) is 31.4 Å². The Labute approximate surface area is 112 Å². The van der Waals surface area contributed by atoms with Crippen LogP contribution in [0.25, 0.3) is 0 Å². The molecule has 0 saturated carbocycles. The first-order valence-electron chi connectivity index (χ1n) is 6.58. The van der Waals surface area contributed by atoms with Crippen LogP contribution in [0.3, 0.4) is 0 Å². The van der Waals surface area contributed by atoms with Crippen molar-refractivity contribution < 1.29 is 0 Å². The molecule has 2 aromatic rings. The molecule has 0 radical (unpaired) electrons. The molecule has 0 aromatic carbocycles. The van der Waals surface area contributed by atoms with Crippen LogP contribution in [0.1, 0.15) is 18.4 Å². The molecule has 0 bridgehead atoms. The van der Waals surface area contributed by atoms with Gasteiger partial charge in [0.2, 0.25) is 0 Å². The van der Waals surface area contributed by atoms with Crippen LogP contribution in [-0.4, -0.2) is 28.0 Å². The summed E-state index contributed by atoms with van der Waals surface area (Å²) in [5.41, 5.74) is 1.10. The summed E-state index contributed by atoms with van der Waals surface area (Å²) in [5, 5.41) is 3.25. The lowest BCUT2D eigenvalue weighted by atomic mass is 10.3. The highest BCUT2D eigenvalue weighted by Crippen LogP contribution is 2.21. The molecule has 3 heterocycles. The highest BCUT2D eigenvalue weighted by atomic mass is 15.2. The lowest BCUT2D eigenvalue weighted by Crippen LogP contribution is -2.19. The van der Waals surface area contributed by atoms with Crippen LogP contribution < -0.4 is 10.2 Å². The van der Waals surface area contributed by atoms with Gasteiger partial charge < -0.3 is 10.2 Å². The molecular formula is C14H17N5. The second-order valence-electron chi connectivity index (χ2n) is 4.75. The van der Waals surface area contributed by atoms with E-state index < -0.39 is 0 Å². The lowest BCUT2D eigenvalue weighted by Gasteiger charge is -2.16. The molecule has 0 spiro atoms. The van der Waals surface area contributed by atoms with Gasteiger partial charge in [-0.25, -0.2) is 15.0 Å². The van der Waals surface area contributed by atoms with Crippen molar-refractivity contribution in [3.05, 3.63) is 36.3 Å². The largest absolute Gasteiger partial charge is 0.356 e. The molecule has 5 heteroatoms. The van der Waals surface area contributed by atoms with E-state index in [9.17, 15) is 0 Å². The van der Waals surface area contributed by atoms with Crippen molar-refractivity contribution >= 4 is 17.5 Å². The van der Waals surface area contributed by atoms with Crippen LogP contribution in [0.15, 0.2) is 30.7 Å². The van der Waals surface area contributed by atoms with Crippen LogP contribution in [0.2, 0.25) is 0 Å². The molecule has 1 fully saturated rings. The zero-order valence-corrected chi connectivity index (χ0v) is 11.0. The van der Waals surface area contributed by atoms with E-state index in [2.05, 4.69) is 25.2 Å². The molecule has 3 rings (SSSR count). The predicted octanol–water partition coefficient (Wildman–Crippen LogP) is 2.52. The van der Waals surface area contributed by atoms with Crippen molar-refractivity contribution in [3.63, 3.8) is 0 Å². The number of aryl methyl sites for hydroxylation is 1. The average molecular weight is 255 g/mol. The molecule has 1 aliphatic heterocycles. The molecule has 0 aliphatic carbocycles. The van der Waals surface area contributed by atoms with Crippen LogP contribution in [-0.2, 0) is 0 Å². The fourth-order valence-corrected chi connectivity index (χ4v) is 2.27. The van der Waals surface area contributed by atoms with E-state index in [4.69, 9.17) is 0 Å². The van der Waals surface area contributed by atoms with E-state index in [0.29, 0.717) is 0 Å². The first-order valence-corrected chi connectivity index (χ1v) is 6.58. The number of anilines is 3. The third-order valence-corrected chi connectivity index (χ3v) is 3.34. The number of nitrogens with one attached hydrogen (secondary N) is 1. The summed E-state index contributed by atoms with van der Waals surface area (Å²) in [6, 6.07) is 5.94. The zero-order chi connectivity index (χ0) is 13.1. The normalized spacial score (nSPS) is 14.7. The Morgan fingerprint density at radius 1 is 1.16 bits per heavy atom. The highest BCUT2D eigenvalue weighted by molar-refractivity contribution is 5.58. The topological polar surface area (TPSA) is 53.9 Å². The van der Waals surface area contributed by atoms with Crippen molar-refractivity contribution in [1.82, 2.24) is 15.0 Å². The smallest absolute Gasteiger partial charge is 0.137 e. The number of pyridine rings is 1. The van der Waals surface area contributed by atoms with Crippen molar-refractivity contribution in [2.24, 2.45) is 0 Å². The van der Waals surface area contributed by atoms with E-state index in [-0.39, 0.29) is 0 Å². The fraction of sp³-hybridized carbons (Fsp3) is 0.357. The highest BCUT2D eigenvalue weighted by Gasteiger charge is 2.14. The Hall–Kier alpha value is -2.17. The quantitative estimate of drug-likeness (QED) is 0.913. The van der Waals surface area contributed by atoms with Crippen LogP contribution in [0.4, 0.5) is 17.5 Å². The van der Waals surface area contributed by atoms with E-state index in [1.165, 1.54) is 12.8 Å². The number of nitrogens with zero attached hydrogens (tertiary/aromatic N) is 4. The zero-order valence-electron chi connectivity index (χ0n) is 11.0. The van der Waals surface area contributed by atoms with Gasteiger partial charge >= 0.3 is 0 Å². The monoisotopic (exact) mass is 255 g/mol. The minimum absolute atomic E-state index is 0.790. The Bertz CT molecular complexity index is 563. The average Bonchev–Trinajstić information content (AvgIpc) is 2.96. The summed E-state index contributed by atoms with van der Waals surface area (Å²) in [4.78, 5) is 15.2. The van der Waals surface area contributed by atoms with Crippen LogP contribution in [0.5, 0.6) is 0 Å². The maximum atomic E-state index is 4.34. The first kappa shape index (κ1) is 11.9. The molecule has 5 nitrogen and oxygen atoms in total. The van der Waals surface area contributed by atoms with Crippen molar-refractivity contribution in [2.75, 3.05) is 23.3 Å². The van der Waals surface area contributed by atoms with E-state index >= 15 is 0 Å². The van der Waals surface area contributed by atoms with Crippen LogP contribution in [0, 0.1) is 6.92 Å². The Balaban J connectivity index is 1.81. The summed E-state index contributed by atoms with van der Waals surface area (Å²) >= 11 is 0. The van der Waals surface area contributed by atoms with Gasteiger partial charge in [0, 0.05) is 25.4 Å². The van der Waals surface area contributed by atoms with Crippen LogP contribution >= 0.6 is 0 Å². The Morgan fingerprint density at radius 3 is 2.79 bits per heavy atom. The van der Waals surface area contributed by atoms with Gasteiger partial charge in [-0.2, -0.15) is 0 Å². The third kappa shape index (κ3) is 2.65. The second kappa shape index (κ2) is 5.22. The predicted molar refractivity (Wildman–Crippen MR) is 75.7 cm³/mol. The summed E-state index contributed by atoms with van der Waals surface area (Å²) in [7, 11) is 0. The minimum atomic E-state index is 0.790. The summed E-state index contributed by atoms with van der Waals surface area (Å²) in [5.74, 6) is 2.62. The minimum Gasteiger partial charge on any atom is -0.356 e. The van der Waals surface area contributed by atoms with E-state index in [0.717, 1.165) is 36.1 Å². The molecule has 0 atom stereocenters. The van der Waals surface area contributed by atoms with Crippen molar-refractivity contribution in [3.8, 4) is 0 Å². The molecular weight excluding hydrogens is 238 g/mol. The fourth-order valence-electron chi connectivity index (χ4n) is 2.27.